The third-order valence-electron chi connectivity index (χ3n) is 3.07. The maximum atomic E-state index is 12.5. The van der Waals surface area contributed by atoms with Crippen molar-refractivity contribution in [1.82, 2.24) is 5.32 Å². The average molecular weight is 261 g/mol. The van der Waals surface area contributed by atoms with Crippen LogP contribution in [0.15, 0.2) is 12.1 Å². The largest absolute Gasteiger partial charge is 0.496 e. The van der Waals surface area contributed by atoms with Crippen LogP contribution in [0, 0.1) is 13.8 Å². The van der Waals surface area contributed by atoms with E-state index in [4.69, 9.17) is 4.74 Å². The molecule has 0 bridgehead atoms. The number of methoxy groups -OCH3 is 1. The lowest BCUT2D eigenvalue weighted by molar-refractivity contribution is -0.140. The molecule has 18 heavy (non-hydrogen) atoms. The molecular formula is C13H18F3NO. The number of rotatable bonds is 4. The SMILES string of the molecule is CNC(CC(F)(F)F)c1ccc(C)c(C)c1OC. The molecule has 0 aliphatic rings. The Kier molecular flexibility index (Phi) is 4.62. The molecule has 0 radical (unpaired) electrons. The van der Waals surface area contributed by atoms with Crippen molar-refractivity contribution in [2.24, 2.45) is 0 Å². The van der Waals surface area contributed by atoms with Gasteiger partial charge in [-0.1, -0.05) is 12.1 Å². The van der Waals surface area contributed by atoms with Crippen molar-refractivity contribution in [2.75, 3.05) is 14.2 Å². The van der Waals surface area contributed by atoms with Gasteiger partial charge in [0.15, 0.2) is 0 Å². The average Bonchev–Trinajstić information content (AvgIpc) is 2.28. The molecule has 0 heterocycles. The second-order valence-electron chi connectivity index (χ2n) is 4.29. The van der Waals surface area contributed by atoms with E-state index in [9.17, 15) is 13.2 Å². The minimum Gasteiger partial charge on any atom is -0.496 e. The first kappa shape index (κ1) is 14.8. The molecule has 5 heteroatoms. The van der Waals surface area contributed by atoms with Gasteiger partial charge in [-0.3, -0.25) is 0 Å². The highest BCUT2D eigenvalue weighted by Gasteiger charge is 2.33. The lowest BCUT2D eigenvalue weighted by Crippen LogP contribution is -2.24. The van der Waals surface area contributed by atoms with E-state index >= 15 is 0 Å². The van der Waals surface area contributed by atoms with E-state index < -0.39 is 18.6 Å². The molecule has 102 valence electrons. The zero-order valence-corrected chi connectivity index (χ0v) is 11.0. The Balaban J connectivity index is 3.17. The standard InChI is InChI=1S/C13H18F3NO/c1-8-5-6-10(12(18-4)9(8)2)11(17-3)7-13(14,15)16/h5-6,11,17H,7H2,1-4H3. The summed E-state index contributed by atoms with van der Waals surface area (Å²) in [7, 11) is 3.00. The maximum Gasteiger partial charge on any atom is 0.390 e. The van der Waals surface area contributed by atoms with Crippen LogP contribution in [-0.2, 0) is 0 Å². The molecular weight excluding hydrogens is 243 g/mol. The number of halogens is 3. The zero-order chi connectivity index (χ0) is 13.9. The number of benzene rings is 1. The lowest BCUT2D eigenvalue weighted by atomic mass is 9.97. The van der Waals surface area contributed by atoms with Crippen molar-refractivity contribution in [3.05, 3.63) is 28.8 Å². The molecule has 2 nitrogen and oxygen atoms in total. The van der Waals surface area contributed by atoms with E-state index in [2.05, 4.69) is 5.32 Å². The van der Waals surface area contributed by atoms with Crippen molar-refractivity contribution < 1.29 is 17.9 Å². The molecule has 1 aromatic rings. The van der Waals surface area contributed by atoms with Crippen LogP contribution in [0.5, 0.6) is 5.75 Å². The molecule has 0 aliphatic heterocycles. The Morgan fingerprint density at radius 2 is 1.89 bits per heavy atom. The number of nitrogens with one attached hydrogen (secondary N) is 1. The van der Waals surface area contributed by atoms with Gasteiger partial charge in [-0.05, 0) is 32.0 Å². The first-order valence-corrected chi connectivity index (χ1v) is 5.68. The first-order chi connectivity index (χ1) is 8.30. The molecule has 0 aliphatic carbocycles. The van der Waals surface area contributed by atoms with Gasteiger partial charge in [0.05, 0.1) is 13.5 Å². The molecule has 0 aromatic heterocycles. The quantitative estimate of drug-likeness (QED) is 0.895. The Bertz CT molecular complexity index is 415. The van der Waals surface area contributed by atoms with Gasteiger partial charge in [-0.25, -0.2) is 0 Å². The molecule has 0 amide bonds. The normalized spacial score (nSPS) is 13.5. The van der Waals surface area contributed by atoms with Gasteiger partial charge in [-0.15, -0.1) is 0 Å². The highest BCUT2D eigenvalue weighted by molar-refractivity contribution is 5.46. The summed E-state index contributed by atoms with van der Waals surface area (Å²) >= 11 is 0. The summed E-state index contributed by atoms with van der Waals surface area (Å²) in [4.78, 5) is 0. The van der Waals surface area contributed by atoms with Gasteiger partial charge >= 0.3 is 6.18 Å². The zero-order valence-electron chi connectivity index (χ0n) is 11.0. The van der Waals surface area contributed by atoms with Crippen LogP contribution in [-0.4, -0.2) is 20.3 Å². The highest BCUT2D eigenvalue weighted by atomic mass is 19.4. The van der Waals surface area contributed by atoms with Crippen molar-refractivity contribution in [2.45, 2.75) is 32.5 Å². The van der Waals surface area contributed by atoms with Crippen molar-refractivity contribution >= 4 is 0 Å². The Morgan fingerprint density at radius 3 is 2.33 bits per heavy atom. The Morgan fingerprint density at radius 1 is 1.28 bits per heavy atom. The predicted octanol–water partition coefficient (Wildman–Crippen LogP) is 3.52. The van der Waals surface area contributed by atoms with Crippen LogP contribution in [0.1, 0.15) is 29.2 Å². The monoisotopic (exact) mass is 261 g/mol. The summed E-state index contributed by atoms with van der Waals surface area (Å²) < 4.78 is 42.8. The van der Waals surface area contributed by atoms with Gasteiger partial charge in [0.1, 0.15) is 5.75 Å². The number of hydrogen-bond acceptors (Lipinski definition) is 2. The topological polar surface area (TPSA) is 21.3 Å². The molecule has 0 spiro atoms. The molecule has 1 atom stereocenters. The number of aryl methyl sites for hydroxylation is 1. The van der Waals surface area contributed by atoms with Crippen molar-refractivity contribution in [1.29, 1.82) is 0 Å². The van der Waals surface area contributed by atoms with Crippen LogP contribution in [0.3, 0.4) is 0 Å². The summed E-state index contributed by atoms with van der Waals surface area (Å²) in [6, 6.07) is 2.71. The van der Waals surface area contributed by atoms with E-state index in [0.29, 0.717) is 11.3 Å². The summed E-state index contributed by atoms with van der Waals surface area (Å²) in [5, 5.41) is 2.70. The summed E-state index contributed by atoms with van der Waals surface area (Å²) in [6.07, 6.45) is -5.13. The summed E-state index contributed by atoms with van der Waals surface area (Å²) in [6.45, 7) is 3.75. The van der Waals surface area contributed by atoms with E-state index in [1.54, 1.807) is 6.07 Å². The van der Waals surface area contributed by atoms with E-state index in [1.165, 1.54) is 14.2 Å². The van der Waals surface area contributed by atoms with Gasteiger partial charge < -0.3 is 10.1 Å². The fraction of sp³-hybridized carbons (Fsp3) is 0.538. The molecule has 1 N–H and O–H groups in total. The minimum absolute atomic E-state index is 0.526. The van der Waals surface area contributed by atoms with Gasteiger partial charge in [0, 0.05) is 11.6 Å². The second-order valence-corrected chi connectivity index (χ2v) is 4.29. The van der Waals surface area contributed by atoms with Crippen LogP contribution >= 0.6 is 0 Å². The number of ether oxygens (including phenoxy) is 1. The third-order valence-corrected chi connectivity index (χ3v) is 3.07. The van der Waals surface area contributed by atoms with Crippen molar-refractivity contribution in [3.8, 4) is 5.75 Å². The number of alkyl halides is 3. The lowest BCUT2D eigenvalue weighted by Gasteiger charge is -2.22. The molecule has 0 saturated carbocycles. The van der Waals surface area contributed by atoms with E-state index in [0.717, 1.165) is 11.1 Å². The fourth-order valence-corrected chi connectivity index (χ4v) is 1.96. The Labute approximate surface area is 105 Å². The van der Waals surface area contributed by atoms with Gasteiger partial charge in [0.2, 0.25) is 0 Å². The minimum atomic E-state index is -4.21. The second kappa shape index (κ2) is 5.61. The van der Waals surface area contributed by atoms with Crippen LogP contribution in [0.4, 0.5) is 13.2 Å². The smallest absolute Gasteiger partial charge is 0.390 e. The molecule has 1 rings (SSSR count). The molecule has 1 aromatic carbocycles. The van der Waals surface area contributed by atoms with E-state index in [-0.39, 0.29) is 0 Å². The predicted molar refractivity (Wildman–Crippen MR) is 64.9 cm³/mol. The Hall–Kier alpha value is -1.23. The third kappa shape index (κ3) is 3.38. The van der Waals surface area contributed by atoms with Gasteiger partial charge in [0.25, 0.3) is 0 Å². The van der Waals surface area contributed by atoms with Crippen LogP contribution < -0.4 is 10.1 Å². The molecule has 1 unspecified atom stereocenters. The fourth-order valence-electron chi connectivity index (χ4n) is 1.96. The van der Waals surface area contributed by atoms with E-state index in [1.807, 2.05) is 19.9 Å². The van der Waals surface area contributed by atoms with Crippen LogP contribution in [0.25, 0.3) is 0 Å². The number of hydrogen-bond donors (Lipinski definition) is 1. The first-order valence-electron chi connectivity index (χ1n) is 5.68. The molecule has 0 saturated heterocycles. The summed E-state index contributed by atoms with van der Waals surface area (Å²) in [5.74, 6) is 0.526. The van der Waals surface area contributed by atoms with Gasteiger partial charge in [-0.2, -0.15) is 13.2 Å². The van der Waals surface area contributed by atoms with Crippen LogP contribution in [0.2, 0.25) is 0 Å². The highest BCUT2D eigenvalue weighted by Crippen LogP contribution is 2.36. The summed E-state index contributed by atoms with van der Waals surface area (Å²) in [5.41, 5.74) is 2.41. The molecule has 0 fully saturated rings. The maximum absolute atomic E-state index is 12.5. The van der Waals surface area contributed by atoms with Crippen molar-refractivity contribution in [3.63, 3.8) is 0 Å².